The smallest absolute Gasteiger partial charge is 0.271 e. The third kappa shape index (κ3) is 2.33. The maximum absolute atomic E-state index is 11.0. The Labute approximate surface area is 88.4 Å². The number of hydrogen-bond donors (Lipinski definition) is 1. The van der Waals surface area contributed by atoms with E-state index in [2.05, 4.69) is 10.3 Å². The molecule has 0 bridgehead atoms. The van der Waals surface area contributed by atoms with Crippen LogP contribution in [-0.4, -0.2) is 34.6 Å². The van der Waals surface area contributed by atoms with E-state index in [0.29, 0.717) is 12.3 Å². The van der Waals surface area contributed by atoms with Gasteiger partial charge in [0.05, 0.1) is 18.3 Å². The molecule has 0 aliphatic heterocycles. The topological polar surface area (TPSA) is 83.0 Å². The Morgan fingerprint density at radius 3 is 2.73 bits per heavy atom. The summed E-state index contributed by atoms with van der Waals surface area (Å²) >= 11 is 0. The standard InChI is InChI=1S/C9H16N4O2/c1-4-7(5-15-3)13-6(2)8(9(10)14)11-12-13/h7H,4-5H2,1-3H3,(H2,10,14). The lowest BCUT2D eigenvalue weighted by Crippen LogP contribution is -2.18. The first-order valence-electron chi connectivity index (χ1n) is 4.82. The number of hydrogen-bond acceptors (Lipinski definition) is 4. The van der Waals surface area contributed by atoms with Crippen molar-refractivity contribution in [3.8, 4) is 0 Å². The molecular formula is C9H16N4O2. The van der Waals surface area contributed by atoms with Gasteiger partial charge in [0.25, 0.3) is 5.91 Å². The fourth-order valence-corrected chi connectivity index (χ4v) is 1.47. The van der Waals surface area contributed by atoms with Gasteiger partial charge in [0.2, 0.25) is 0 Å². The number of primary amides is 1. The molecule has 0 fully saturated rings. The highest BCUT2D eigenvalue weighted by Gasteiger charge is 2.18. The second kappa shape index (κ2) is 4.88. The van der Waals surface area contributed by atoms with Crippen LogP contribution < -0.4 is 5.73 Å². The van der Waals surface area contributed by atoms with Gasteiger partial charge in [0.1, 0.15) is 0 Å². The van der Waals surface area contributed by atoms with Crippen molar-refractivity contribution in [3.05, 3.63) is 11.4 Å². The van der Waals surface area contributed by atoms with E-state index < -0.39 is 5.91 Å². The van der Waals surface area contributed by atoms with Gasteiger partial charge in [-0.25, -0.2) is 4.68 Å². The summed E-state index contributed by atoms with van der Waals surface area (Å²) in [7, 11) is 1.63. The van der Waals surface area contributed by atoms with Crippen LogP contribution in [0.3, 0.4) is 0 Å². The van der Waals surface area contributed by atoms with Gasteiger partial charge in [-0.2, -0.15) is 0 Å². The van der Waals surface area contributed by atoms with Crippen molar-refractivity contribution in [1.29, 1.82) is 0 Å². The van der Waals surface area contributed by atoms with Crippen molar-refractivity contribution in [1.82, 2.24) is 15.0 Å². The Morgan fingerprint density at radius 2 is 2.33 bits per heavy atom. The van der Waals surface area contributed by atoms with Gasteiger partial charge >= 0.3 is 0 Å². The fraction of sp³-hybridized carbons (Fsp3) is 0.667. The molecule has 1 atom stereocenters. The summed E-state index contributed by atoms with van der Waals surface area (Å²) < 4.78 is 6.75. The Morgan fingerprint density at radius 1 is 1.67 bits per heavy atom. The molecule has 1 rings (SSSR count). The Kier molecular flexibility index (Phi) is 3.79. The molecule has 6 nitrogen and oxygen atoms in total. The van der Waals surface area contributed by atoms with E-state index in [1.54, 1.807) is 18.7 Å². The van der Waals surface area contributed by atoms with E-state index in [1.807, 2.05) is 6.92 Å². The maximum atomic E-state index is 11.0. The largest absolute Gasteiger partial charge is 0.382 e. The second-order valence-corrected chi connectivity index (χ2v) is 3.35. The van der Waals surface area contributed by atoms with Crippen LogP contribution in [0.15, 0.2) is 0 Å². The van der Waals surface area contributed by atoms with Crippen molar-refractivity contribution in [3.63, 3.8) is 0 Å². The molecule has 84 valence electrons. The molecule has 0 spiro atoms. The highest BCUT2D eigenvalue weighted by molar-refractivity contribution is 5.91. The Bertz CT molecular complexity index is 348. The number of nitrogens with zero attached hydrogens (tertiary/aromatic N) is 3. The number of aromatic nitrogens is 3. The van der Waals surface area contributed by atoms with Crippen LogP contribution in [0.25, 0.3) is 0 Å². The summed E-state index contributed by atoms with van der Waals surface area (Å²) in [5.74, 6) is -0.550. The summed E-state index contributed by atoms with van der Waals surface area (Å²) in [6, 6.07) is 0.0931. The van der Waals surface area contributed by atoms with Gasteiger partial charge in [0.15, 0.2) is 5.69 Å². The van der Waals surface area contributed by atoms with E-state index in [-0.39, 0.29) is 11.7 Å². The predicted octanol–water partition coefficient (Wildman–Crippen LogP) is 0.283. The van der Waals surface area contributed by atoms with Crippen molar-refractivity contribution in [2.24, 2.45) is 5.73 Å². The third-order valence-electron chi connectivity index (χ3n) is 2.34. The summed E-state index contributed by atoms with van der Waals surface area (Å²) in [5.41, 5.74) is 6.07. The molecule has 15 heavy (non-hydrogen) atoms. The minimum Gasteiger partial charge on any atom is -0.382 e. The highest BCUT2D eigenvalue weighted by Crippen LogP contribution is 2.14. The molecule has 0 saturated carbocycles. The van der Waals surface area contributed by atoms with Gasteiger partial charge < -0.3 is 10.5 Å². The zero-order valence-corrected chi connectivity index (χ0v) is 9.23. The van der Waals surface area contributed by atoms with Crippen LogP contribution in [0.1, 0.15) is 35.6 Å². The molecule has 1 heterocycles. The summed E-state index contributed by atoms with van der Waals surface area (Å²) in [6.45, 7) is 4.34. The molecule has 6 heteroatoms. The second-order valence-electron chi connectivity index (χ2n) is 3.35. The summed E-state index contributed by atoms with van der Waals surface area (Å²) in [5, 5.41) is 7.66. The molecule has 0 aliphatic carbocycles. The molecule has 0 aliphatic rings. The number of carbonyl (C=O) groups is 1. The van der Waals surface area contributed by atoms with Crippen LogP contribution >= 0.6 is 0 Å². The monoisotopic (exact) mass is 212 g/mol. The molecule has 0 saturated heterocycles. The zero-order chi connectivity index (χ0) is 11.4. The van der Waals surface area contributed by atoms with Crippen molar-refractivity contribution in [2.45, 2.75) is 26.3 Å². The molecule has 1 aromatic heterocycles. The minimum absolute atomic E-state index is 0.0931. The van der Waals surface area contributed by atoms with Crippen LogP contribution in [0.2, 0.25) is 0 Å². The number of nitrogens with two attached hydrogens (primary N) is 1. The lowest BCUT2D eigenvalue weighted by Gasteiger charge is -2.15. The van der Waals surface area contributed by atoms with Gasteiger partial charge in [-0.1, -0.05) is 12.1 Å². The fourth-order valence-electron chi connectivity index (χ4n) is 1.47. The maximum Gasteiger partial charge on any atom is 0.271 e. The van der Waals surface area contributed by atoms with Gasteiger partial charge in [-0.15, -0.1) is 5.10 Å². The van der Waals surface area contributed by atoms with Crippen molar-refractivity contribution >= 4 is 5.91 Å². The summed E-state index contributed by atoms with van der Waals surface area (Å²) in [6.07, 6.45) is 0.857. The predicted molar refractivity (Wildman–Crippen MR) is 54.5 cm³/mol. The molecular weight excluding hydrogens is 196 g/mol. The van der Waals surface area contributed by atoms with Crippen LogP contribution in [0.5, 0.6) is 0 Å². The first-order valence-corrected chi connectivity index (χ1v) is 4.82. The normalized spacial score (nSPS) is 12.7. The number of ether oxygens (including phenoxy) is 1. The highest BCUT2D eigenvalue weighted by atomic mass is 16.5. The average Bonchev–Trinajstić information content (AvgIpc) is 2.57. The van der Waals surface area contributed by atoms with E-state index >= 15 is 0 Å². The molecule has 1 aromatic rings. The Hall–Kier alpha value is -1.43. The van der Waals surface area contributed by atoms with E-state index in [1.165, 1.54) is 0 Å². The number of amides is 1. The summed E-state index contributed by atoms with van der Waals surface area (Å²) in [4.78, 5) is 11.0. The van der Waals surface area contributed by atoms with Crippen LogP contribution in [-0.2, 0) is 4.74 Å². The SMILES string of the molecule is CCC(COC)n1nnc(C(N)=O)c1C. The molecule has 0 aromatic carbocycles. The molecule has 0 radical (unpaired) electrons. The lowest BCUT2D eigenvalue weighted by atomic mass is 10.2. The first-order chi connectivity index (χ1) is 7.11. The van der Waals surface area contributed by atoms with Crippen LogP contribution in [0.4, 0.5) is 0 Å². The minimum atomic E-state index is -0.550. The van der Waals surface area contributed by atoms with Crippen molar-refractivity contribution in [2.75, 3.05) is 13.7 Å². The van der Waals surface area contributed by atoms with E-state index in [0.717, 1.165) is 6.42 Å². The molecule has 2 N–H and O–H groups in total. The number of carbonyl (C=O) groups excluding carboxylic acids is 1. The van der Waals surface area contributed by atoms with E-state index in [4.69, 9.17) is 10.5 Å². The van der Waals surface area contributed by atoms with Gasteiger partial charge in [0, 0.05) is 7.11 Å². The molecule has 1 unspecified atom stereocenters. The number of rotatable bonds is 5. The van der Waals surface area contributed by atoms with Crippen molar-refractivity contribution < 1.29 is 9.53 Å². The van der Waals surface area contributed by atoms with Gasteiger partial charge in [-0.3, -0.25) is 4.79 Å². The number of methoxy groups -OCH3 is 1. The third-order valence-corrected chi connectivity index (χ3v) is 2.34. The lowest BCUT2D eigenvalue weighted by molar-refractivity contribution is 0.0994. The quantitative estimate of drug-likeness (QED) is 0.760. The first kappa shape index (κ1) is 11.6. The zero-order valence-electron chi connectivity index (χ0n) is 9.23. The van der Waals surface area contributed by atoms with Crippen LogP contribution in [0, 0.1) is 6.92 Å². The molecule has 1 amide bonds. The average molecular weight is 212 g/mol. The Balaban J connectivity index is 2.98. The van der Waals surface area contributed by atoms with E-state index in [9.17, 15) is 4.79 Å². The van der Waals surface area contributed by atoms with Gasteiger partial charge in [-0.05, 0) is 13.3 Å².